The van der Waals surface area contributed by atoms with Crippen molar-refractivity contribution in [1.29, 1.82) is 0 Å². The molecule has 1 aromatic heterocycles. The number of hydrogen-bond acceptors (Lipinski definition) is 6. The first-order valence-corrected chi connectivity index (χ1v) is 11.7. The zero-order valence-corrected chi connectivity index (χ0v) is 17.0. The number of rotatable bonds is 6. The minimum atomic E-state index is -3.94. The quantitative estimate of drug-likeness (QED) is 0.654. The molecular formula is C19H20N2O5S2. The highest BCUT2D eigenvalue weighted by molar-refractivity contribution is 7.90. The van der Waals surface area contributed by atoms with Crippen LogP contribution in [-0.2, 0) is 19.9 Å². The van der Waals surface area contributed by atoms with E-state index in [1.165, 1.54) is 43.6 Å². The first-order valence-electron chi connectivity index (χ1n) is 8.38. The van der Waals surface area contributed by atoms with Crippen LogP contribution in [0.2, 0.25) is 0 Å². The molecule has 3 rings (SSSR count). The van der Waals surface area contributed by atoms with Gasteiger partial charge in [-0.15, -0.1) is 0 Å². The van der Waals surface area contributed by atoms with Crippen LogP contribution in [0.15, 0.2) is 70.7 Å². The molecular weight excluding hydrogens is 400 g/mol. The van der Waals surface area contributed by atoms with Gasteiger partial charge in [0, 0.05) is 36.5 Å². The van der Waals surface area contributed by atoms with Crippen LogP contribution in [0.4, 0.5) is 0 Å². The Morgan fingerprint density at radius 2 is 1.71 bits per heavy atom. The van der Waals surface area contributed by atoms with Gasteiger partial charge in [-0.2, -0.15) is 4.31 Å². The summed E-state index contributed by atoms with van der Waals surface area (Å²) in [6.45, 7) is -0.458. The summed E-state index contributed by atoms with van der Waals surface area (Å²) in [6.07, 6.45) is 4.20. The topological polar surface area (TPSA) is 105 Å². The number of fused-ring (bicyclic) bond motifs is 1. The summed E-state index contributed by atoms with van der Waals surface area (Å²) >= 11 is 0. The third kappa shape index (κ3) is 3.79. The van der Waals surface area contributed by atoms with Gasteiger partial charge in [-0.3, -0.25) is 4.98 Å². The molecule has 0 radical (unpaired) electrons. The summed E-state index contributed by atoms with van der Waals surface area (Å²) in [5.74, 6) is 0. The molecule has 0 bridgehead atoms. The van der Waals surface area contributed by atoms with Gasteiger partial charge in [0.2, 0.25) is 10.0 Å². The van der Waals surface area contributed by atoms with Gasteiger partial charge in [0.1, 0.15) is 0 Å². The monoisotopic (exact) mass is 420 g/mol. The van der Waals surface area contributed by atoms with E-state index in [0.717, 1.165) is 10.6 Å². The summed E-state index contributed by atoms with van der Waals surface area (Å²) in [5, 5.41) is 11.1. The fourth-order valence-corrected chi connectivity index (χ4v) is 5.19. The van der Waals surface area contributed by atoms with Crippen LogP contribution in [0.25, 0.3) is 10.8 Å². The van der Waals surface area contributed by atoms with Crippen LogP contribution >= 0.6 is 0 Å². The average molecular weight is 421 g/mol. The lowest BCUT2D eigenvalue weighted by atomic mass is 10.1. The molecule has 148 valence electrons. The summed E-state index contributed by atoms with van der Waals surface area (Å²) in [4.78, 5) is 4.25. The molecule has 1 unspecified atom stereocenters. The number of sulfone groups is 1. The van der Waals surface area contributed by atoms with E-state index in [4.69, 9.17) is 0 Å². The molecule has 0 fully saturated rings. The van der Waals surface area contributed by atoms with Gasteiger partial charge >= 0.3 is 0 Å². The van der Waals surface area contributed by atoms with E-state index < -0.39 is 32.5 Å². The van der Waals surface area contributed by atoms with Gasteiger partial charge in [-0.25, -0.2) is 16.8 Å². The number of nitrogens with zero attached hydrogens (tertiary/aromatic N) is 2. The summed E-state index contributed by atoms with van der Waals surface area (Å²) in [5.41, 5.74) is 0.489. The number of aliphatic hydroxyl groups excluding tert-OH is 1. The van der Waals surface area contributed by atoms with Crippen LogP contribution in [0, 0.1) is 0 Å². The van der Waals surface area contributed by atoms with Gasteiger partial charge in [-0.1, -0.05) is 24.3 Å². The van der Waals surface area contributed by atoms with Gasteiger partial charge in [-0.05, 0) is 29.8 Å². The van der Waals surface area contributed by atoms with Crippen LogP contribution in [0.3, 0.4) is 0 Å². The number of sulfonamides is 1. The Morgan fingerprint density at radius 3 is 2.32 bits per heavy atom. The Kier molecular flexibility index (Phi) is 5.53. The molecule has 0 amide bonds. The van der Waals surface area contributed by atoms with Crippen LogP contribution in [-0.4, -0.2) is 51.1 Å². The van der Waals surface area contributed by atoms with Crippen molar-refractivity contribution < 1.29 is 21.9 Å². The SMILES string of the molecule is CN(C(CO)c1ccc(S(C)(=O)=O)cc1)S(=O)(=O)c1cccc2cnccc12. The highest BCUT2D eigenvalue weighted by atomic mass is 32.2. The molecule has 0 aliphatic carbocycles. The van der Waals surface area contributed by atoms with E-state index in [1.54, 1.807) is 24.4 Å². The Labute approximate surface area is 164 Å². The molecule has 1 heterocycles. The molecule has 9 heteroatoms. The minimum Gasteiger partial charge on any atom is -0.394 e. The first kappa shape index (κ1) is 20.4. The second kappa shape index (κ2) is 7.59. The predicted octanol–water partition coefficient (Wildman–Crippen LogP) is 1.99. The van der Waals surface area contributed by atoms with Crippen LogP contribution < -0.4 is 0 Å². The molecule has 0 aliphatic rings. The van der Waals surface area contributed by atoms with Crippen LogP contribution in [0.1, 0.15) is 11.6 Å². The standard InChI is InChI=1S/C19H20N2O5S2/c1-21(18(13-22)14-6-8-16(9-7-14)27(2,23)24)28(25,26)19-5-3-4-15-12-20-11-10-17(15)19/h3-12,18,22H,13H2,1-2H3. The number of aromatic nitrogens is 1. The maximum atomic E-state index is 13.2. The smallest absolute Gasteiger partial charge is 0.244 e. The maximum absolute atomic E-state index is 13.2. The van der Waals surface area contributed by atoms with Gasteiger partial charge in [0.05, 0.1) is 22.4 Å². The lowest BCUT2D eigenvalue weighted by Gasteiger charge is -2.27. The zero-order valence-electron chi connectivity index (χ0n) is 15.3. The highest BCUT2D eigenvalue weighted by Crippen LogP contribution is 2.30. The van der Waals surface area contributed by atoms with E-state index >= 15 is 0 Å². The van der Waals surface area contributed by atoms with Crippen molar-refractivity contribution in [3.8, 4) is 0 Å². The lowest BCUT2D eigenvalue weighted by molar-refractivity contribution is 0.204. The van der Waals surface area contributed by atoms with E-state index in [9.17, 15) is 21.9 Å². The highest BCUT2D eigenvalue weighted by Gasteiger charge is 2.30. The number of hydrogen-bond donors (Lipinski definition) is 1. The van der Waals surface area contributed by atoms with E-state index in [0.29, 0.717) is 16.3 Å². The van der Waals surface area contributed by atoms with Crippen LogP contribution in [0.5, 0.6) is 0 Å². The number of aliphatic hydroxyl groups is 1. The van der Waals surface area contributed by atoms with E-state index in [-0.39, 0.29) is 9.79 Å². The van der Waals surface area contributed by atoms with Gasteiger partial charge in [0.25, 0.3) is 0 Å². The van der Waals surface area contributed by atoms with Crippen molar-refractivity contribution in [1.82, 2.24) is 9.29 Å². The Hall–Kier alpha value is -2.33. The number of benzene rings is 2. The normalized spacial score (nSPS) is 13.7. The number of likely N-dealkylation sites (N-methyl/N-ethyl adjacent to an activating group) is 1. The van der Waals surface area contributed by atoms with Crippen molar-refractivity contribution in [3.05, 3.63) is 66.5 Å². The summed E-state index contributed by atoms with van der Waals surface area (Å²) in [7, 11) is -5.91. The lowest BCUT2D eigenvalue weighted by Crippen LogP contribution is -2.33. The molecule has 1 N–H and O–H groups in total. The van der Waals surface area contributed by atoms with Gasteiger partial charge < -0.3 is 5.11 Å². The molecule has 1 atom stereocenters. The Bertz CT molecular complexity index is 1200. The largest absolute Gasteiger partial charge is 0.394 e. The molecule has 0 saturated carbocycles. The maximum Gasteiger partial charge on any atom is 0.244 e. The molecule has 0 saturated heterocycles. The summed E-state index contributed by atoms with van der Waals surface area (Å²) < 4.78 is 50.8. The van der Waals surface area contributed by atoms with Crippen molar-refractivity contribution in [2.75, 3.05) is 19.9 Å². The molecule has 0 aliphatic heterocycles. The average Bonchev–Trinajstić information content (AvgIpc) is 2.67. The summed E-state index contributed by atoms with van der Waals surface area (Å²) in [6, 6.07) is 11.5. The van der Waals surface area contributed by atoms with Crippen molar-refractivity contribution in [2.45, 2.75) is 15.8 Å². The van der Waals surface area contributed by atoms with Crippen molar-refractivity contribution in [2.24, 2.45) is 0 Å². The predicted molar refractivity (Wildman–Crippen MR) is 106 cm³/mol. The fraction of sp³-hybridized carbons (Fsp3) is 0.211. The molecule has 0 spiro atoms. The third-order valence-electron chi connectivity index (χ3n) is 4.60. The zero-order chi connectivity index (χ0) is 20.5. The molecule has 2 aromatic carbocycles. The van der Waals surface area contributed by atoms with Crippen molar-refractivity contribution >= 4 is 30.6 Å². The minimum absolute atomic E-state index is 0.112. The Balaban J connectivity index is 2.03. The van der Waals surface area contributed by atoms with E-state index in [1.807, 2.05) is 0 Å². The Morgan fingerprint density at radius 1 is 1.04 bits per heavy atom. The molecule has 7 nitrogen and oxygen atoms in total. The van der Waals surface area contributed by atoms with E-state index in [2.05, 4.69) is 4.98 Å². The third-order valence-corrected chi connectivity index (χ3v) is 7.66. The fourth-order valence-electron chi connectivity index (χ4n) is 3.01. The van der Waals surface area contributed by atoms with Gasteiger partial charge in [0.15, 0.2) is 9.84 Å². The second-order valence-electron chi connectivity index (χ2n) is 6.41. The molecule has 3 aromatic rings. The van der Waals surface area contributed by atoms with Crippen molar-refractivity contribution in [3.63, 3.8) is 0 Å². The molecule has 28 heavy (non-hydrogen) atoms. The second-order valence-corrected chi connectivity index (χ2v) is 10.4. The first-order chi connectivity index (χ1) is 13.2. The number of pyridine rings is 1.